The molecule has 158 valence electrons. The third-order valence-electron chi connectivity index (χ3n) is 5.98. The molecule has 2 heterocycles. The van der Waals surface area contributed by atoms with Gasteiger partial charge in [0.05, 0.1) is 20.1 Å². The summed E-state index contributed by atoms with van der Waals surface area (Å²) >= 11 is 0. The van der Waals surface area contributed by atoms with Crippen LogP contribution in [-0.2, 0) is 22.4 Å². The summed E-state index contributed by atoms with van der Waals surface area (Å²) in [6.07, 6.45) is 2.42. The first-order valence-electron chi connectivity index (χ1n) is 10.7. The molecule has 0 N–H and O–H groups in total. The van der Waals surface area contributed by atoms with Gasteiger partial charge in [0.15, 0.2) is 0 Å². The number of benzene rings is 2. The van der Waals surface area contributed by atoms with Gasteiger partial charge in [-0.15, -0.1) is 0 Å². The van der Waals surface area contributed by atoms with Crippen LogP contribution >= 0.6 is 0 Å². The SMILES string of the molecule is COc1cccc(CC(=O)N2CCN(CC(=O)N3CCCc4ccccc43)CC2)c1. The van der Waals surface area contributed by atoms with Crippen molar-refractivity contribution in [3.8, 4) is 5.75 Å². The van der Waals surface area contributed by atoms with E-state index in [2.05, 4.69) is 11.0 Å². The normalized spacial score (nSPS) is 16.8. The number of aryl methyl sites for hydroxylation is 1. The summed E-state index contributed by atoms with van der Waals surface area (Å²) < 4.78 is 5.24. The maximum Gasteiger partial charge on any atom is 0.241 e. The lowest BCUT2D eigenvalue weighted by atomic mass is 10.0. The van der Waals surface area contributed by atoms with Crippen molar-refractivity contribution in [2.75, 3.05) is 51.3 Å². The van der Waals surface area contributed by atoms with Crippen molar-refractivity contribution in [2.45, 2.75) is 19.3 Å². The topological polar surface area (TPSA) is 53.1 Å². The maximum absolute atomic E-state index is 12.9. The Morgan fingerprint density at radius 1 is 0.933 bits per heavy atom. The molecule has 2 amide bonds. The average Bonchev–Trinajstić information content (AvgIpc) is 2.79. The number of methoxy groups -OCH3 is 1. The molecule has 0 aromatic heterocycles. The number of anilines is 1. The third-order valence-corrected chi connectivity index (χ3v) is 5.98. The summed E-state index contributed by atoms with van der Waals surface area (Å²) in [5.41, 5.74) is 3.27. The monoisotopic (exact) mass is 407 g/mol. The molecule has 0 saturated carbocycles. The molecule has 0 spiro atoms. The molecule has 0 bridgehead atoms. The molecule has 2 aromatic rings. The Bertz CT molecular complexity index is 906. The minimum absolute atomic E-state index is 0.124. The molecule has 2 aromatic carbocycles. The van der Waals surface area contributed by atoms with Crippen molar-refractivity contribution in [1.29, 1.82) is 0 Å². The van der Waals surface area contributed by atoms with Gasteiger partial charge in [-0.1, -0.05) is 30.3 Å². The molecular formula is C24H29N3O3. The molecule has 0 radical (unpaired) electrons. The Morgan fingerprint density at radius 3 is 2.53 bits per heavy atom. The van der Waals surface area contributed by atoms with Gasteiger partial charge in [-0.25, -0.2) is 0 Å². The smallest absolute Gasteiger partial charge is 0.241 e. The minimum atomic E-state index is 0.124. The fourth-order valence-corrected chi connectivity index (χ4v) is 4.29. The summed E-state index contributed by atoms with van der Waals surface area (Å²) in [6.45, 7) is 3.97. The van der Waals surface area contributed by atoms with E-state index >= 15 is 0 Å². The summed E-state index contributed by atoms with van der Waals surface area (Å²) in [7, 11) is 1.63. The third kappa shape index (κ3) is 4.65. The average molecular weight is 408 g/mol. The Hall–Kier alpha value is -2.86. The number of ether oxygens (including phenoxy) is 1. The number of hydrogen-bond acceptors (Lipinski definition) is 4. The van der Waals surface area contributed by atoms with Crippen LogP contribution in [0.4, 0.5) is 5.69 Å². The van der Waals surface area contributed by atoms with Crippen molar-refractivity contribution in [1.82, 2.24) is 9.80 Å². The molecule has 6 heteroatoms. The van der Waals surface area contributed by atoms with Crippen molar-refractivity contribution in [3.05, 3.63) is 59.7 Å². The second-order valence-electron chi connectivity index (χ2n) is 7.96. The van der Waals surface area contributed by atoms with E-state index in [1.807, 2.05) is 52.3 Å². The Labute approximate surface area is 178 Å². The van der Waals surface area contributed by atoms with Gasteiger partial charge in [0, 0.05) is 38.4 Å². The number of rotatable bonds is 5. The largest absolute Gasteiger partial charge is 0.497 e. The number of hydrogen-bond donors (Lipinski definition) is 0. The van der Waals surface area contributed by atoms with Gasteiger partial charge >= 0.3 is 0 Å². The van der Waals surface area contributed by atoms with E-state index in [1.165, 1.54) is 5.56 Å². The van der Waals surface area contributed by atoms with Crippen LogP contribution in [0.15, 0.2) is 48.5 Å². The van der Waals surface area contributed by atoms with E-state index in [1.54, 1.807) is 7.11 Å². The summed E-state index contributed by atoms with van der Waals surface area (Å²) in [5.74, 6) is 1.04. The van der Waals surface area contributed by atoms with Gasteiger partial charge in [0.1, 0.15) is 5.75 Å². The van der Waals surface area contributed by atoms with Crippen LogP contribution in [0.2, 0.25) is 0 Å². The predicted molar refractivity (Wildman–Crippen MR) is 117 cm³/mol. The molecule has 2 aliphatic rings. The minimum Gasteiger partial charge on any atom is -0.497 e. The highest BCUT2D eigenvalue weighted by molar-refractivity contribution is 5.96. The molecule has 1 fully saturated rings. The number of nitrogens with zero attached hydrogens (tertiary/aromatic N) is 3. The first-order valence-corrected chi connectivity index (χ1v) is 10.7. The standard InChI is InChI=1S/C24H29N3O3/c1-30-21-9-4-6-19(16-21)17-23(28)26-14-12-25(13-15-26)18-24(29)27-11-5-8-20-7-2-3-10-22(20)27/h2-4,6-7,9-10,16H,5,8,11-15,17-18H2,1H3. The predicted octanol–water partition coefficient (Wildman–Crippen LogP) is 2.36. The lowest BCUT2D eigenvalue weighted by Gasteiger charge is -2.36. The number of para-hydroxylation sites is 1. The first kappa shape index (κ1) is 20.4. The molecule has 0 atom stereocenters. The highest BCUT2D eigenvalue weighted by atomic mass is 16.5. The zero-order valence-electron chi connectivity index (χ0n) is 17.5. The zero-order chi connectivity index (χ0) is 20.9. The number of amides is 2. The molecule has 4 rings (SSSR count). The van der Waals surface area contributed by atoms with Crippen molar-refractivity contribution in [2.24, 2.45) is 0 Å². The Morgan fingerprint density at radius 2 is 1.73 bits per heavy atom. The molecule has 30 heavy (non-hydrogen) atoms. The van der Waals surface area contributed by atoms with Crippen LogP contribution in [0.5, 0.6) is 5.75 Å². The van der Waals surface area contributed by atoms with E-state index < -0.39 is 0 Å². The van der Waals surface area contributed by atoms with E-state index in [-0.39, 0.29) is 11.8 Å². The summed E-state index contributed by atoms with van der Waals surface area (Å²) in [4.78, 5) is 31.6. The second kappa shape index (κ2) is 9.30. The number of piperazine rings is 1. The quantitative estimate of drug-likeness (QED) is 0.764. The second-order valence-corrected chi connectivity index (χ2v) is 7.96. The van der Waals surface area contributed by atoms with Crippen molar-refractivity contribution < 1.29 is 14.3 Å². The molecule has 6 nitrogen and oxygen atoms in total. The highest BCUT2D eigenvalue weighted by Gasteiger charge is 2.26. The van der Waals surface area contributed by atoms with E-state index in [4.69, 9.17) is 4.74 Å². The molecule has 2 aliphatic heterocycles. The summed E-state index contributed by atoms with van der Waals surface area (Å²) in [5, 5.41) is 0. The van der Waals surface area contributed by atoms with Crippen molar-refractivity contribution in [3.63, 3.8) is 0 Å². The molecule has 0 unspecified atom stereocenters. The van der Waals surface area contributed by atoms with Crippen LogP contribution < -0.4 is 9.64 Å². The van der Waals surface area contributed by atoms with Crippen LogP contribution in [-0.4, -0.2) is 68.0 Å². The van der Waals surface area contributed by atoms with E-state index in [0.717, 1.165) is 49.5 Å². The van der Waals surface area contributed by atoms with Crippen LogP contribution in [0.1, 0.15) is 17.5 Å². The van der Waals surface area contributed by atoms with Gasteiger partial charge < -0.3 is 14.5 Å². The Kier molecular flexibility index (Phi) is 6.33. The fourth-order valence-electron chi connectivity index (χ4n) is 4.29. The van der Waals surface area contributed by atoms with Gasteiger partial charge in [-0.2, -0.15) is 0 Å². The maximum atomic E-state index is 12.9. The van der Waals surface area contributed by atoms with Gasteiger partial charge in [-0.05, 0) is 42.2 Å². The fraction of sp³-hybridized carbons (Fsp3) is 0.417. The molecule has 0 aliphatic carbocycles. The highest BCUT2D eigenvalue weighted by Crippen LogP contribution is 2.26. The van der Waals surface area contributed by atoms with Crippen molar-refractivity contribution >= 4 is 17.5 Å². The first-order chi connectivity index (χ1) is 14.6. The van der Waals surface area contributed by atoms with Crippen LogP contribution in [0.3, 0.4) is 0 Å². The van der Waals surface area contributed by atoms with Gasteiger partial charge in [0.2, 0.25) is 11.8 Å². The summed E-state index contributed by atoms with van der Waals surface area (Å²) in [6, 6.07) is 15.8. The zero-order valence-corrected chi connectivity index (χ0v) is 17.5. The van der Waals surface area contributed by atoms with Gasteiger partial charge in [-0.3, -0.25) is 14.5 Å². The lowest BCUT2D eigenvalue weighted by molar-refractivity contribution is -0.132. The van der Waals surface area contributed by atoms with E-state index in [9.17, 15) is 9.59 Å². The van der Waals surface area contributed by atoms with E-state index in [0.29, 0.717) is 26.1 Å². The molecule has 1 saturated heterocycles. The Balaban J connectivity index is 1.28. The number of carbonyl (C=O) groups is 2. The van der Waals surface area contributed by atoms with Crippen LogP contribution in [0.25, 0.3) is 0 Å². The van der Waals surface area contributed by atoms with Crippen LogP contribution in [0, 0.1) is 0 Å². The number of fused-ring (bicyclic) bond motifs is 1. The number of carbonyl (C=O) groups excluding carboxylic acids is 2. The van der Waals surface area contributed by atoms with Gasteiger partial charge in [0.25, 0.3) is 0 Å². The molecular weight excluding hydrogens is 378 g/mol. The lowest BCUT2D eigenvalue weighted by Crippen LogP contribution is -2.52.